The van der Waals surface area contributed by atoms with Gasteiger partial charge in [-0.25, -0.2) is 13.6 Å². The minimum atomic E-state index is -3.80. The van der Waals surface area contributed by atoms with Gasteiger partial charge in [-0.15, -0.1) is 0 Å². The predicted molar refractivity (Wildman–Crippen MR) is 76.6 cm³/mol. The van der Waals surface area contributed by atoms with Crippen molar-refractivity contribution in [3.8, 4) is 0 Å². The summed E-state index contributed by atoms with van der Waals surface area (Å²) in [5.41, 5.74) is 0.779. The van der Waals surface area contributed by atoms with Crippen LogP contribution < -0.4 is 10.5 Å². The van der Waals surface area contributed by atoms with E-state index in [-0.39, 0.29) is 5.09 Å². The summed E-state index contributed by atoms with van der Waals surface area (Å²) in [4.78, 5) is 0. The summed E-state index contributed by atoms with van der Waals surface area (Å²) < 4.78 is 28.1. The van der Waals surface area contributed by atoms with E-state index in [2.05, 4.69) is 21.2 Å². The molecule has 1 heterocycles. The van der Waals surface area contributed by atoms with Crippen molar-refractivity contribution in [3.05, 3.63) is 45.6 Å². The standard InChI is InChI=1S/C11H10BrClN2O3S/c12-9-3-1-7(13)5-10(9)15-6-8-2-4-11(18-8)19(14,16)17/h1-5,15H,6H2,(H2,14,16,17). The Bertz CT molecular complexity index is 700. The first-order valence-corrected chi connectivity index (χ1v) is 7.88. The normalized spacial score (nSPS) is 11.5. The zero-order valence-electron chi connectivity index (χ0n) is 9.56. The van der Waals surface area contributed by atoms with E-state index in [1.165, 1.54) is 6.07 Å². The van der Waals surface area contributed by atoms with Crippen molar-refractivity contribution in [2.24, 2.45) is 5.14 Å². The molecular weight excluding hydrogens is 356 g/mol. The molecule has 0 saturated heterocycles. The SMILES string of the molecule is NS(=O)(=O)c1ccc(CNc2cc(Cl)ccc2Br)o1. The van der Waals surface area contributed by atoms with Crippen LogP contribution in [0.5, 0.6) is 0 Å². The van der Waals surface area contributed by atoms with Crippen LogP contribution in [-0.4, -0.2) is 8.42 Å². The number of nitrogens with two attached hydrogens (primary N) is 1. The number of sulfonamides is 1. The second kappa shape index (κ2) is 5.54. The fourth-order valence-electron chi connectivity index (χ4n) is 1.42. The van der Waals surface area contributed by atoms with E-state index in [1.807, 2.05) is 6.07 Å². The van der Waals surface area contributed by atoms with Crippen LogP contribution in [0, 0.1) is 0 Å². The van der Waals surface area contributed by atoms with E-state index in [1.54, 1.807) is 18.2 Å². The molecule has 0 unspecified atom stereocenters. The molecule has 1 aromatic carbocycles. The average molecular weight is 366 g/mol. The van der Waals surface area contributed by atoms with Crippen molar-refractivity contribution in [3.63, 3.8) is 0 Å². The van der Waals surface area contributed by atoms with Gasteiger partial charge in [0.2, 0.25) is 5.09 Å². The molecule has 102 valence electrons. The number of halogens is 2. The van der Waals surface area contributed by atoms with Crippen molar-refractivity contribution in [1.82, 2.24) is 0 Å². The molecule has 1 aromatic heterocycles. The number of furan rings is 1. The molecule has 0 saturated carbocycles. The van der Waals surface area contributed by atoms with E-state index < -0.39 is 10.0 Å². The predicted octanol–water partition coefficient (Wildman–Crippen LogP) is 2.96. The summed E-state index contributed by atoms with van der Waals surface area (Å²) in [7, 11) is -3.80. The summed E-state index contributed by atoms with van der Waals surface area (Å²) in [6.07, 6.45) is 0. The van der Waals surface area contributed by atoms with Crippen LogP contribution in [0.3, 0.4) is 0 Å². The molecule has 0 amide bonds. The number of rotatable bonds is 4. The lowest BCUT2D eigenvalue weighted by Gasteiger charge is -2.07. The molecule has 2 aromatic rings. The first-order chi connectivity index (χ1) is 8.86. The highest BCUT2D eigenvalue weighted by atomic mass is 79.9. The molecule has 0 spiro atoms. The molecule has 0 bridgehead atoms. The van der Waals surface area contributed by atoms with Crippen LogP contribution in [0.25, 0.3) is 0 Å². The molecule has 19 heavy (non-hydrogen) atoms. The third-order valence-electron chi connectivity index (χ3n) is 2.30. The molecule has 3 N–H and O–H groups in total. The van der Waals surface area contributed by atoms with Gasteiger partial charge in [-0.05, 0) is 46.3 Å². The molecule has 5 nitrogen and oxygen atoms in total. The highest BCUT2D eigenvalue weighted by Gasteiger charge is 2.13. The molecule has 0 fully saturated rings. The first kappa shape index (κ1) is 14.4. The molecule has 0 radical (unpaired) electrons. The van der Waals surface area contributed by atoms with Crippen LogP contribution in [0.1, 0.15) is 5.76 Å². The van der Waals surface area contributed by atoms with Gasteiger partial charge in [0.1, 0.15) is 5.76 Å². The topological polar surface area (TPSA) is 85.3 Å². The van der Waals surface area contributed by atoms with Gasteiger partial charge in [0.25, 0.3) is 10.0 Å². The highest BCUT2D eigenvalue weighted by molar-refractivity contribution is 9.10. The zero-order chi connectivity index (χ0) is 14.0. The van der Waals surface area contributed by atoms with Crippen molar-refractivity contribution in [2.75, 3.05) is 5.32 Å². The quantitative estimate of drug-likeness (QED) is 0.872. The maximum absolute atomic E-state index is 11.1. The van der Waals surface area contributed by atoms with Gasteiger partial charge in [0.15, 0.2) is 0 Å². The van der Waals surface area contributed by atoms with Gasteiger partial charge >= 0.3 is 0 Å². The van der Waals surface area contributed by atoms with Crippen LogP contribution in [0.2, 0.25) is 5.02 Å². The van der Waals surface area contributed by atoms with E-state index >= 15 is 0 Å². The summed E-state index contributed by atoms with van der Waals surface area (Å²) >= 11 is 9.26. The maximum atomic E-state index is 11.1. The Labute approximate surface area is 123 Å². The van der Waals surface area contributed by atoms with Crippen LogP contribution >= 0.6 is 27.5 Å². The molecule has 0 aliphatic heterocycles. The third kappa shape index (κ3) is 3.73. The van der Waals surface area contributed by atoms with Gasteiger partial charge in [-0.1, -0.05) is 11.6 Å². The summed E-state index contributed by atoms with van der Waals surface area (Å²) in [6.45, 7) is 0.314. The van der Waals surface area contributed by atoms with Crippen molar-refractivity contribution < 1.29 is 12.8 Å². The van der Waals surface area contributed by atoms with Crippen LogP contribution in [-0.2, 0) is 16.6 Å². The Hall–Kier alpha value is -1.02. The largest absolute Gasteiger partial charge is 0.446 e. The Morgan fingerprint density at radius 2 is 2.05 bits per heavy atom. The number of anilines is 1. The Kier molecular flexibility index (Phi) is 4.19. The number of hydrogen-bond donors (Lipinski definition) is 2. The van der Waals surface area contributed by atoms with E-state index in [9.17, 15) is 8.42 Å². The molecule has 0 aliphatic carbocycles. The number of nitrogens with one attached hydrogen (secondary N) is 1. The molecular formula is C11H10BrClN2O3S. The van der Waals surface area contributed by atoms with Gasteiger partial charge in [0.05, 0.1) is 12.2 Å². The fraction of sp³-hybridized carbons (Fsp3) is 0.0909. The highest BCUT2D eigenvalue weighted by Crippen LogP contribution is 2.26. The van der Waals surface area contributed by atoms with E-state index in [0.717, 1.165) is 10.2 Å². The number of primary sulfonamides is 1. The smallest absolute Gasteiger partial charge is 0.271 e. The van der Waals surface area contributed by atoms with Gasteiger partial charge in [-0.3, -0.25) is 0 Å². The maximum Gasteiger partial charge on any atom is 0.271 e. The molecule has 0 atom stereocenters. The summed E-state index contributed by atoms with van der Waals surface area (Å²) in [5.74, 6) is 0.455. The van der Waals surface area contributed by atoms with Gasteiger partial charge in [0, 0.05) is 9.50 Å². The molecule has 0 aliphatic rings. The van der Waals surface area contributed by atoms with Crippen molar-refractivity contribution in [1.29, 1.82) is 0 Å². The second-order valence-corrected chi connectivity index (χ2v) is 6.53. The van der Waals surface area contributed by atoms with Crippen LogP contribution in [0.15, 0.2) is 44.3 Å². The fourth-order valence-corrected chi connectivity index (χ4v) is 2.46. The lowest BCUT2D eigenvalue weighted by Crippen LogP contribution is -2.10. The summed E-state index contributed by atoms with van der Waals surface area (Å²) in [6, 6.07) is 8.17. The number of benzene rings is 1. The van der Waals surface area contributed by atoms with Crippen molar-refractivity contribution in [2.45, 2.75) is 11.6 Å². The Balaban J connectivity index is 2.11. The lowest BCUT2D eigenvalue weighted by atomic mass is 10.3. The second-order valence-electron chi connectivity index (χ2n) is 3.74. The zero-order valence-corrected chi connectivity index (χ0v) is 12.7. The average Bonchev–Trinajstić information content (AvgIpc) is 2.79. The first-order valence-electron chi connectivity index (χ1n) is 5.17. The minimum Gasteiger partial charge on any atom is -0.446 e. The summed E-state index contributed by atoms with van der Waals surface area (Å²) in [5, 5.41) is 8.37. The lowest BCUT2D eigenvalue weighted by molar-refractivity contribution is 0.419. The van der Waals surface area contributed by atoms with E-state index in [0.29, 0.717) is 17.3 Å². The minimum absolute atomic E-state index is 0.255. The Morgan fingerprint density at radius 3 is 2.68 bits per heavy atom. The van der Waals surface area contributed by atoms with Gasteiger partial charge < -0.3 is 9.73 Å². The van der Waals surface area contributed by atoms with Gasteiger partial charge in [-0.2, -0.15) is 0 Å². The molecule has 8 heteroatoms. The third-order valence-corrected chi connectivity index (χ3v) is 4.01. The monoisotopic (exact) mass is 364 g/mol. The Morgan fingerprint density at radius 1 is 1.32 bits per heavy atom. The van der Waals surface area contributed by atoms with Crippen LogP contribution in [0.4, 0.5) is 5.69 Å². The number of hydrogen-bond acceptors (Lipinski definition) is 4. The van der Waals surface area contributed by atoms with Crippen molar-refractivity contribution >= 4 is 43.2 Å². The molecule has 2 rings (SSSR count). The van der Waals surface area contributed by atoms with E-state index in [4.69, 9.17) is 21.2 Å².